The number of nitriles is 3. The summed E-state index contributed by atoms with van der Waals surface area (Å²) in [5, 5.41) is 27.4. The zero-order valence-corrected chi connectivity index (χ0v) is 16.8. The summed E-state index contributed by atoms with van der Waals surface area (Å²) < 4.78 is 0. The molecule has 1 atom stereocenters. The highest BCUT2D eigenvalue weighted by molar-refractivity contribution is 5.84. The first-order valence-electron chi connectivity index (χ1n) is 9.94. The first-order valence-corrected chi connectivity index (χ1v) is 9.94. The van der Waals surface area contributed by atoms with Crippen LogP contribution in [0.15, 0.2) is 29.8 Å². The van der Waals surface area contributed by atoms with Gasteiger partial charge in [0.05, 0.1) is 5.57 Å². The molecule has 0 N–H and O–H groups in total. The average Bonchev–Trinajstić information content (AvgIpc) is 2.71. The Hall–Kier alpha value is -2.77. The van der Waals surface area contributed by atoms with Crippen LogP contribution in [0.25, 0.3) is 5.57 Å². The predicted molar refractivity (Wildman–Crippen MR) is 111 cm³/mol. The van der Waals surface area contributed by atoms with Crippen molar-refractivity contribution in [2.24, 2.45) is 5.92 Å². The van der Waals surface area contributed by atoms with Crippen LogP contribution in [0.4, 0.5) is 5.69 Å². The first kappa shape index (κ1) is 22.3. The standard InChI is InChI=1S/C23H30N4/c1-4-7-9-19(6-3)18-27(14-8-5-2)22-12-10-20(11-13-22)23(17-26)21(15-24)16-25/h10-13,19H,4-9,14,18H2,1-3H3. The lowest BCUT2D eigenvalue weighted by molar-refractivity contribution is 0.444. The maximum absolute atomic E-state index is 9.32. The Morgan fingerprint density at radius 1 is 0.926 bits per heavy atom. The zero-order valence-electron chi connectivity index (χ0n) is 16.8. The molecule has 0 aromatic heterocycles. The van der Waals surface area contributed by atoms with Crippen LogP contribution in [0.3, 0.4) is 0 Å². The summed E-state index contributed by atoms with van der Waals surface area (Å²) in [6.45, 7) is 8.75. The highest BCUT2D eigenvalue weighted by Gasteiger charge is 2.14. The molecule has 0 radical (unpaired) electrons. The lowest BCUT2D eigenvalue weighted by Crippen LogP contribution is -2.30. The molecule has 0 bridgehead atoms. The first-order chi connectivity index (χ1) is 13.1. The number of allylic oxidation sites excluding steroid dienone is 2. The van der Waals surface area contributed by atoms with Crippen LogP contribution >= 0.6 is 0 Å². The summed E-state index contributed by atoms with van der Waals surface area (Å²) in [6, 6.07) is 13.3. The second-order valence-corrected chi connectivity index (χ2v) is 6.85. The number of unbranched alkanes of at least 4 members (excludes halogenated alkanes) is 2. The van der Waals surface area contributed by atoms with Gasteiger partial charge in [0.25, 0.3) is 0 Å². The van der Waals surface area contributed by atoms with Gasteiger partial charge in [0.2, 0.25) is 0 Å². The Morgan fingerprint density at radius 2 is 1.56 bits per heavy atom. The van der Waals surface area contributed by atoms with Crippen LogP contribution in [0.2, 0.25) is 0 Å². The zero-order chi connectivity index (χ0) is 20.1. The highest BCUT2D eigenvalue weighted by atomic mass is 15.1. The van der Waals surface area contributed by atoms with Crippen molar-refractivity contribution < 1.29 is 0 Å². The van der Waals surface area contributed by atoms with Gasteiger partial charge in [0, 0.05) is 18.8 Å². The molecule has 4 heteroatoms. The van der Waals surface area contributed by atoms with Crippen LogP contribution in [-0.2, 0) is 0 Å². The second kappa shape index (κ2) is 12.6. The van der Waals surface area contributed by atoms with Crippen molar-refractivity contribution in [3.8, 4) is 18.2 Å². The van der Waals surface area contributed by atoms with Gasteiger partial charge in [-0.1, -0.05) is 58.6 Å². The average molecular weight is 363 g/mol. The largest absolute Gasteiger partial charge is 0.371 e. The van der Waals surface area contributed by atoms with Gasteiger partial charge >= 0.3 is 0 Å². The molecule has 0 saturated heterocycles. The van der Waals surface area contributed by atoms with Crippen LogP contribution in [0.1, 0.15) is 64.9 Å². The van der Waals surface area contributed by atoms with Crippen LogP contribution in [0.5, 0.6) is 0 Å². The van der Waals surface area contributed by atoms with Crippen molar-refractivity contribution in [1.29, 1.82) is 15.8 Å². The summed E-state index contributed by atoms with van der Waals surface area (Å²) in [5.74, 6) is 0.680. The molecule has 1 unspecified atom stereocenters. The van der Waals surface area contributed by atoms with E-state index in [9.17, 15) is 5.26 Å². The molecule has 0 aliphatic rings. The summed E-state index contributed by atoms with van der Waals surface area (Å²) in [6.07, 6.45) is 7.21. The van der Waals surface area contributed by atoms with Gasteiger partial charge in [-0.05, 0) is 36.5 Å². The molecule has 0 amide bonds. The number of nitrogens with zero attached hydrogens (tertiary/aromatic N) is 4. The second-order valence-electron chi connectivity index (χ2n) is 6.85. The Kier molecular flexibility index (Phi) is 10.4. The van der Waals surface area contributed by atoms with E-state index >= 15 is 0 Å². The van der Waals surface area contributed by atoms with Crippen LogP contribution in [0, 0.1) is 39.9 Å². The smallest absolute Gasteiger partial charge is 0.148 e. The van der Waals surface area contributed by atoms with Gasteiger partial charge in [0.1, 0.15) is 23.8 Å². The Labute approximate surface area is 164 Å². The fourth-order valence-electron chi connectivity index (χ4n) is 3.14. The van der Waals surface area contributed by atoms with E-state index < -0.39 is 0 Å². The molecule has 142 valence electrons. The van der Waals surface area contributed by atoms with Crippen molar-refractivity contribution in [2.45, 2.75) is 59.3 Å². The summed E-state index contributed by atoms with van der Waals surface area (Å²) >= 11 is 0. The van der Waals surface area contributed by atoms with E-state index in [1.807, 2.05) is 30.3 Å². The number of anilines is 1. The molecule has 0 aliphatic heterocycles. The SMILES string of the molecule is CCCCC(CC)CN(CCCC)c1ccc(C(C#N)=C(C#N)C#N)cc1. The van der Waals surface area contributed by atoms with Crippen molar-refractivity contribution in [2.75, 3.05) is 18.0 Å². The van der Waals surface area contributed by atoms with Gasteiger partial charge in [-0.3, -0.25) is 0 Å². The maximum Gasteiger partial charge on any atom is 0.148 e. The van der Waals surface area contributed by atoms with Gasteiger partial charge in [-0.25, -0.2) is 0 Å². The van der Waals surface area contributed by atoms with E-state index in [1.165, 1.54) is 25.7 Å². The summed E-state index contributed by atoms with van der Waals surface area (Å²) in [4.78, 5) is 2.43. The third kappa shape index (κ3) is 6.80. The Balaban J connectivity index is 3.07. The lowest BCUT2D eigenvalue weighted by Gasteiger charge is -2.29. The number of hydrogen-bond acceptors (Lipinski definition) is 4. The fourth-order valence-corrected chi connectivity index (χ4v) is 3.14. The van der Waals surface area contributed by atoms with Crippen LogP contribution in [-0.4, -0.2) is 13.1 Å². The lowest BCUT2D eigenvalue weighted by atomic mass is 9.97. The Morgan fingerprint density at radius 3 is 2.04 bits per heavy atom. The Bertz CT molecular complexity index is 710. The molecular formula is C23H30N4. The number of rotatable bonds is 11. The molecular weight excluding hydrogens is 332 g/mol. The minimum atomic E-state index is -0.140. The van der Waals surface area contributed by atoms with E-state index in [0.717, 1.165) is 31.6 Å². The molecule has 0 aliphatic carbocycles. The van der Waals surface area contributed by atoms with E-state index in [2.05, 4.69) is 25.7 Å². The van der Waals surface area contributed by atoms with Crippen LogP contribution < -0.4 is 4.90 Å². The number of hydrogen-bond donors (Lipinski definition) is 0. The normalized spacial score (nSPS) is 11.0. The minimum Gasteiger partial charge on any atom is -0.371 e. The third-order valence-electron chi connectivity index (χ3n) is 4.91. The highest BCUT2D eigenvalue weighted by Crippen LogP contribution is 2.24. The molecule has 27 heavy (non-hydrogen) atoms. The molecule has 0 saturated carbocycles. The monoisotopic (exact) mass is 362 g/mol. The van der Waals surface area contributed by atoms with Crippen molar-refractivity contribution in [3.05, 3.63) is 35.4 Å². The van der Waals surface area contributed by atoms with E-state index in [1.54, 1.807) is 12.1 Å². The molecule has 0 spiro atoms. The van der Waals surface area contributed by atoms with Crippen molar-refractivity contribution >= 4 is 11.3 Å². The van der Waals surface area contributed by atoms with Gasteiger partial charge < -0.3 is 4.90 Å². The molecule has 0 fully saturated rings. The molecule has 4 nitrogen and oxygen atoms in total. The van der Waals surface area contributed by atoms with Gasteiger partial charge in [0.15, 0.2) is 0 Å². The van der Waals surface area contributed by atoms with E-state index in [0.29, 0.717) is 11.5 Å². The third-order valence-corrected chi connectivity index (χ3v) is 4.91. The quantitative estimate of drug-likeness (QED) is 0.464. The van der Waals surface area contributed by atoms with Gasteiger partial charge in [-0.15, -0.1) is 0 Å². The molecule has 1 aromatic carbocycles. The molecule has 1 rings (SSSR count). The number of benzene rings is 1. The van der Waals surface area contributed by atoms with Crippen molar-refractivity contribution in [3.63, 3.8) is 0 Å². The summed E-state index contributed by atoms with van der Waals surface area (Å²) in [5.41, 5.74) is 1.75. The van der Waals surface area contributed by atoms with E-state index in [-0.39, 0.29) is 11.1 Å². The van der Waals surface area contributed by atoms with Crippen molar-refractivity contribution in [1.82, 2.24) is 0 Å². The topological polar surface area (TPSA) is 74.6 Å². The molecule has 1 aromatic rings. The minimum absolute atomic E-state index is 0.140. The summed E-state index contributed by atoms with van der Waals surface area (Å²) in [7, 11) is 0. The molecule has 0 heterocycles. The maximum atomic E-state index is 9.32. The predicted octanol–water partition coefficient (Wildman–Crippen LogP) is 5.83. The van der Waals surface area contributed by atoms with Gasteiger partial charge in [-0.2, -0.15) is 15.8 Å². The fraction of sp³-hybridized carbons (Fsp3) is 0.522. The van der Waals surface area contributed by atoms with E-state index in [4.69, 9.17) is 10.5 Å².